The Morgan fingerprint density at radius 1 is 1.03 bits per heavy atom. The molecule has 0 bridgehead atoms. The Kier molecular flexibility index (Phi) is 5.79. The van der Waals surface area contributed by atoms with Gasteiger partial charge >= 0.3 is 0 Å². The third kappa shape index (κ3) is 4.68. The SMILES string of the molecule is O=C(NCC1CCN(c2ccc(F)cc2)C1)c1ccc(NC(=O)c2ccco2)cc1. The molecular weight excluding hydrogens is 385 g/mol. The maximum atomic E-state index is 13.1. The summed E-state index contributed by atoms with van der Waals surface area (Å²) in [5.41, 5.74) is 2.11. The molecule has 154 valence electrons. The van der Waals surface area contributed by atoms with Crippen LogP contribution in [-0.2, 0) is 0 Å². The molecule has 1 fully saturated rings. The van der Waals surface area contributed by atoms with Crippen molar-refractivity contribution in [2.75, 3.05) is 29.9 Å². The van der Waals surface area contributed by atoms with Crippen molar-refractivity contribution in [2.45, 2.75) is 6.42 Å². The number of benzene rings is 2. The Bertz CT molecular complexity index is 1000. The fourth-order valence-corrected chi connectivity index (χ4v) is 3.53. The Balaban J connectivity index is 1.26. The number of hydrogen-bond donors (Lipinski definition) is 2. The highest BCUT2D eigenvalue weighted by Gasteiger charge is 2.23. The summed E-state index contributed by atoms with van der Waals surface area (Å²) in [6.45, 7) is 2.29. The number of anilines is 2. The first-order chi connectivity index (χ1) is 14.6. The van der Waals surface area contributed by atoms with Crippen molar-refractivity contribution in [3.8, 4) is 0 Å². The third-order valence-corrected chi connectivity index (χ3v) is 5.18. The zero-order chi connectivity index (χ0) is 20.9. The lowest BCUT2D eigenvalue weighted by Crippen LogP contribution is -2.31. The second kappa shape index (κ2) is 8.82. The molecule has 1 unspecified atom stereocenters. The van der Waals surface area contributed by atoms with Gasteiger partial charge in [0.15, 0.2) is 5.76 Å². The first-order valence-corrected chi connectivity index (χ1v) is 9.82. The number of rotatable bonds is 6. The molecule has 0 radical (unpaired) electrons. The minimum absolute atomic E-state index is 0.154. The molecular formula is C23H22FN3O3. The number of hydrogen-bond acceptors (Lipinski definition) is 4. The Hall–Kier alpha value is -3.61. The minimum atomic E-state index is -0.343. The number of carbonyl (C=O) groups excluding carboxylic acids is 2. The zero-order valence-corrected chi connectivity index (χ0v) is 16.3. The summed E-state index contributed by atoms with van der Waals surface area (Å²) in [6, 6.07) is 16.4. The van der Waals surface area contributed by atoms with Crippen LogP contribution in [0.25, 0.3) is 0 Å². The first-order valence-electron chi connectivity index (χ1n) is 9.82. The molecule has 2 amide bonds. The van der Waals surface area contributed by atoms with Crippen LogP contribution in [0.5, 0.6) is 0 Å². The number of carbonyl (C=O) groups is 2. The van der Waals surface area contributed by atoms with Crippen LogP contribution >= 0.6 is 0 Å². The van der Waals surface area contributed by atoms with E-state index in [0.29, 0.717) is 23.7 Å². The van der Waals surface area contributed by atoms with Crippen LogP contribution < -0.4 is 15.5 Å². The van der Waals surface area contributed by atoms with Crippen LogP contribution in [0.3, 0.4) is 0 Å². The molecule has 2 heterocycles. The minimum Gasteiger partial charge on any atom is -0.459 e. The van der Waals surface area contributed by atoms with Crippen LogP contribution in [0.4, 0.5) is 15.8 Å². The van der Waals surface area contributed by atoms with Gasteiger partial charge in [0, 0.05) is 36.6 Å². The molecule has 1 aromatic heterocycles. The van der Waals surface area contributed by atoms with Gasteiger partial charge in [-0.25, -0.2) is 4.39 Å². The fourth-order valence-electron chi connectivity index (χ4n) is 3.53. The predicted octanol–water partition coefficient (Wildman–Crippen LogP) is 3.93. The van der Waals surface area contributed by atoms with E-state index < -0.39 is 0 Å². The van der Waals surface area contributed by atoms with E-state index in [9.17, 15) is 14.0 Å². The largest absolute Gasteiger partial charge is 0.459 e. The molecule has 4 rings (SSSR count). The van der Waals surface area contributed by atoms with E-state index in [1.54, 1.807) is 48.5 Å². The molecule has 0 spiro atoms. The van der Waals surface area contributed by atoms with Gasteiger partial charge in [0.1, 0.15) is 5.82 Å². The lowest BCUT2D eigenvalue weighted by molar-refractivity contribution is 0.0947. The molecule has 7 heteroatoms. The Morgan fingerprint density at radius 2 is 1.80 bits per heavy atom. The number of amides is 2. The summed E-state index contributed by atoms with van der Waals surface area (Å²) in [4.78, 5) is 26.6. The van der Waals surface area contributed by atoms with E-state index in [1.165, 1.54) is 18.4 Å². The summed E-state index contributed by atoms with van der Waals surface area (Å²) < 4.78 is 18.1. The van der Waals surface area contributed by atoms with Gasteiger partial charge in [-0.15, -0.1) is 0 Å². The predicted molar refractivity (Wildman–Crippen MR) is 112 cm³/mol. The number of nitrogens with zero attached hydrogens (tertiary/aromatic N) is 1. The molecule has 1 atom stereocenters. The lowest BCUT2D eigenvalue weighted by Gasteiger charge is -2.18. The maximum Gasteiger partial charge on any atom is 0.291 e. The van der Waals surface area contributed by atoms with E-state index in [0.717, 1.165) is 25.2 Å². The van der Waals surface area contributed by atoms with E-state index >= 15 is 0 Å². The molecule has 3 aromatic rings. The number of halogens is 1. The summed E-state index contributed by atoms with van der Waals surface area (Å²) in [5, 5.41) is 5.69. The molecule has 1 aliphatic rings. The first kappa shape index (κ1) is 19.7. The molecule has 2 N–H and O–H groups in total. The zero-order valence-electron chi connectivity index (χ0n) is 16.3. The van der Waals surface area contributed by atoms with Crippen molar-refractivity contribution < 1.29 is 18.4 Å². The Labute approximate surface area is 173 Å². The summed E-state index contributed by atoms with van der Waals surface area (Å²) in [7, 11) is 0. The van der Waals surface area contributed by atoms with Gasteiger partial charge in [-0.1, -0.05) is 0 Å². The third-order valence-electron chi connectivity index (χ3n) is 5.18. The van der Waals surface area contributed by atoms with Gasteiger partial charge in [0.25, 0.3) is 11.8 Å². The second-order valence-electron chi connectivity index (χ2n) is 7.30. The van der Waals surface area contributed by atoms with Crippen molar-refractivity contribution in [3.63, 3.8) is 0 Å². The molecule has 30 heavy (non-hydrogen) atoms. The highest BCUT2D eigenvalue weighted by molar-refractivity contribution is 6.02. The topological polar surface area (TPSA) is 74.6 Å². The standard InChI is InChI=1S/C23H22FN3O3/c24-18-5-9-20(10-6-18)27-12-11-16(15-27)14-25-22(28)17-3-7-19(8-4-17)26-23(29)21-2-1-13-30-21/h1-10,13,16H,11-12,14-15H2,(H,25,28)(H,26,29). The van der Waals surface area contributed by atoms with Gasteiger partial charge in [-0.3, -0.25) is 9.59 Å². The highest BCUT2D eigenvalue weighted by atomic mass is 19.1. The van der Waals surface area contributed by atoms with Crippen molar-refractivity contribution in [1.82, 2.24) is 5.32 Å². The van der Waals surface area contributed by atoms with Crippen LogP contribution in [-0.4, -0.2) is 31.4 Å². The van der Waals surface area contributed by atoms with Crippen molar-refractivity contribution in [1.29, 1.82) is 0 Å². The van der Waals surface area contributed by atoms with Crippen molar-refractivity contribution in [3.05, 3.63) is 84.1 Å². The van der Waals surface area contributed by atoms with Gasteiger partial charge in [-0.2, -0.15) is 0 Å². The summed E-state index contributed by atoms with van der Waals surface area (Å²) in [5.74, 6) is -0.175. The van der Waals surface area contributed by atoms with Crippen molar-refractivity contribution >= 4 is 23.2 Å². The van der Waals surface area contributed by atoms with Gasteiger partial charge in [0.2, 0.25) is 0 Å². The van der Waals surface area contributed by atoms with E-state index in [1.807, 2.05) is 0 Å². The van der Waals surface area contributed by atoms with E-state index in [4.69, 9.17) is 4.42 Å². The molecule has 0 aliphatic carbocycles. The smallest absolute Gasteiger partial charge is 0.291 e. The molecule has 6 nitrogen and oxygen atoms in total. The highest BCUT2D eigenvalue weighted by Crippen LogP contribution is 2.23. The van der Waals surface area contributed by atoms with Crippen LogP contribution in [0.1, 0.15) is 27.3 Å². The Morgan fingerprint density at radius 3 is 2.50 bits per heavy atom. The summed E-state index contributed by atoms with van der Waals surface area (Å²) >= 11 is 0. The maximum absolute atomic E-state index is 13.1. The normalized spacial score (nSPS) is 15.8. The lowest BCUT2D eigenvalue weighted by atomic mass is 10.1. The van der Waals surface area contributed by atoms with Gasteiger partial charge < -0.3 is 20.0 Å². The molecule has 1 aliphatic heterocycles. The molecule has 0 saturated carbocycles. The second-order valence-corrected chi connectivity index (χ2v) is 7.30. The average Bonchev–Trinajstić information content (AvgIpc) is 3.45. The molecule has 2 aromatic carbocycles. The van der Waals surface area contributed by atoms with Crippen LogP contribution in [0.2, 0.25) is 0 Å². The van der Waals surface area contributed by atoms with Crippen molar-refractivity contribution in [2.24, 2.45) is 5.92 Å². The van der Waals surface area contributed by atoms with E-state index in [-0.39, 0.29) is 23.4 Å². The van der Waals surface area contributed by atoms with E-state index in [2.05, 4.69) is 15.5 Å². The average molecular weight is 407 g/mol. The van der Waals surface area contributed by atoms with Gasteiger partial charge in [-0.05, 0) is 73.0 Å². The quantitative estimate of drug-likeness (QED) is 0.649. The fraction of sp³-hybridized carbons (Fsp3) is 0.217. The van der Waals surface area contributed by atoms with Crippen LogP contribution in [0.15, 0.2) is 71.3 Å². The monoisotopic (exact) mass is 407 g/mol. The number of nitrogens with one attached hydrogen (secondary N) is 2. The van der Waals surface area contributed by atoms with Crippen LogP contribution in [0, 0.1) is 11.7 Å². The number of furan rings is 1. The van der Waals surface area contributed by atoms with Gasteiger partial charge in [0.05, 0.1) is 6.26 Å². The summed E-state index contributed by atoms with van der Waals surface area (Å²) in [6.07, 6.45) is 2.40. The molecule has 1 saturated heterocycles.